The molecule has 1 N–H and O–H groups in total. The number of halogens is 1. The Morgan fingerprint density at radius 2 is 1.97 bits per heavy atom. The van der Waals surface area contributed by atoms with Crippen LogP contribution in [0.15, 0.2) is 65.6 Å². The van der Waals surface area contributed by atoms with E-state index >= 15 is 0 Å². The Labute approximate surface area is 202 Å². The van der Waals surface area contributed by atoms with Crippen LogP contribution in [-0.2, 0) is 9.59 Å². The Hall–Kier alpha value is -3.20. The van der Waals surface area contributed by atoms with Crippen LogP contribution < -0.4 is 9.64 Å². The molecule has 33 heavy (non-hydrogen) atoms. The van der Waals surface area contributed by atoms with Gasteiger partial charge in [0.25, 0.3) is 5.78 Å². The number of ketones is 1. The number of aliphatic hydroxyl groups excluding tert-OH is 1. The van der Waals surface area contributed by atoms with Gasteiger partial charge in [0.15, 0.2) is 5.13 Å². The van der Waals surface area contributed by atoms with E-state index in [-0.39, 0.29) is 11.3 Å². The van der Waals surface area contributed by atoms with E-state index in [1.165, 1.54) is 27.6 Å². The van der Waals surface area contributed by atoms with Crippen LogP contribution in [0.25, 0.3) is 16.0 Å². The molecule has 1 atom stereocenters. The number of thiazole rings is 1. The third kappa shape index (κ3) is 3.80. The van der Waals surface area contributed by atoms with Crippen LogP contribution in [0.3, 0.4) is 0 Å². The molecule has 1 amide bonds. The number of carbonyl (C=O) groups excluding carboxylic acids is 2. The minimum atomic E-state index is -0.785. The summed E-state index contributed by atoms with van der Waals surface area (Å²) in [7, 11) is 0. The van der Waals surface area contributed by atoms with E-state index in [1.807, 2.05) is 24.4 Å². The quantitative estimate of drug-likeness (QED) is 0.207. The highest BCUT2D eigenvalue weighted by atomic mass is 35.5. The standard InChI is InChI=1S/C24H17ClN2O4S2/c1-2-31-15-8-5-13(6-9-15)21(28)19-20(17-4-3-11-32-17)27(23(30)22(19)29)24-26-16-10-7-14(25)12-18(16)33-24/h3-12,20,28H,2H2,1H3. The summed E-state index contributed by atoms with van der Waals surface area (Å²) in [6.45, 7) is 2.40. The lowest BCUT2D eigenvalue weighted by Gasteiger charge is -2.21. The number of nitrogens with zero attached hydrogens (tertiary/aromatic N) is 2. The molecule has 1 aliphatic heterocycles. The van der Waals surface area contributed by atoms with Gasteiger partial charge in [0.05, 0.1) is 22.4 Å². The fraction of sp³-hybridized carbons (Fsp3) is 0.125. The number of anilines is 1. The number of hydrogen-bond donors (Lipinski definition) is 1. The molecule has 166 valence electrons. The smallest absolute Gasteiger partial charge is 0.301 e. The third-order valence-corrected chi connectivity index (χ3v) is 7.42. The summed E-state index contributed by atoms with van der Waals surface area (Å²) in [6, 6.07) is 14.9. The molecule has 1 fully saturated rings. The average molecular weight is 497 g/mol. The van der Waals surface area contributed by atoms with E-state index in [0.29, 0.717) is 33.6 Å². The van der Waals surface area contributed by atoms with Crippen molar-refractivity contribution in [2.24, 2.45) is 0 Å². The number of thiophene rings is 1. The average Bonchev–Trinajstić information content (AvgIpc) is 3.53. The molecular formula is C24H17ClN2O4S2. The molecule has 2 aromatic heterocycles. The van der Waals surface area contributed by atoms with Gasteiger partial charge in [-0.3, -0.25) is 14.5 Å². The highest BCUT2D eigenvalue weighted by Gasteiger charge is 2.48. The van der Waals surface area contributed by atoms with Crippen LogP contribution >= 0.6 is 34.3 Å². The van der Waals surface area contributed by atoms with Crippen LogP contribution in [0.2, 0.25) is 5.02 Å². The number of ether oxygens (including phenoxy) is 1. The van der Waals surface area contributed by atoms with Crippen molar-refractivity contribution >= 4 is 67.1 Å². The summed E-state index contributed by atoms with van der Waals surface area (Å²) in [5, 5.41) is 13.9. The van der Waals surface area contributed by atoms with Gasteiger partial charge >= 0.3 is 5.91 Å². The number of benzene rings is 2. The van der Waals surface area contributed by atoms with Crippen molar-refractivity contribution < 1.29 is 19.4 Å². The normalized spacial score (nSPS) is 17.8. The zero-order chi connectivity index (χ0) is 23.1. The Morgan fingerprint density at radius 1 is 1.18 bits per heavy atom. The number of amides is 1. The van der Waals surface area contributed by atoms with E-state index in [1.54, 1.807) is 42.5 Å². The van der Waals surface area contributed by atoms with Crippen molar-refractivity contribution in [3.8, 4) is 5.75 Å². The molecule has 3 heterocycles. The van der Waals surface area contributed by atoms with Gasteiger partial charge in [0.2, 0.25) is 0 Å². The fourth-order valence-electron chi connectivity index (χ4n) is 3.77. The first kappa shape index (κ1) is 21.6. The molecule has 5 rings (SSSR count). The summed E-state index contributed by atoms with van der Waals surface area (Å²) in [5.41, 5.74) is 1.13. The molecule has 0 aliphatic carbocycles. The Bertz CT molecular complexity index is 1390. The maximum Gasteiger partial charge on any atom is 0.301 e. The van der Waals surface area contributed by atoms with E-state index in [4.69, 9.17) is 16.3 Å². The lowest BCUT2D eigenvalue weighted by Crippen LogP contribution is -2.28. The molecule has 2 aromatic carbocycles. The number of Topliss-reactive ketones (excluding diaryl/α,β-unsaturated/α-hetero) is 1. The zero-order valence-corrected chi connectivity index (χ0v) is 19.7. The zero-order valence-electron chi connectivity index (χ0n) is 17.3. The predicted octanol–water partition coefficient (Wildman–Crippen LogP) is 6.04. The predicted molar refractivity (Wildman–Crippen MR) is 131 cm³/mol. The maximum atomic E-state index is 13.2. The van der Waals surface area contributed by atoms with E-state index in [0.717, 1.165) is 9.58 Å². The van der Waals surface area contributed by atoms with Gasteiger partial charge in [-0.05, 0) is 60.8 Å². The highest BCUT2D eigenvalue weighted by Crippen LogP contribution is 2.45. The number of aliphatic hydroxyl groups is 1. The summed E-state index contributed by atoms with van der Waals surface area (Å²) >= 11 is 8.78. The van der Waals surface area contributed by atoms with Gasteiger partial charge in [0, 0.05) is 15.5 Å². The first-order chi connectivity index (χ1) is 16.0. The van der Waals surface area contributed by atoms with Crippen LogP contribution in [0.5, 0.6) is 5.75 Å². The van der Waals surface area contributed by atoms with Gasteiger partial charge in [-0.15, -0.1) is 11.3 Å². The second kappa shape index (κ2) is 8.62. The molecule has 0 radical (unpaired) electrons. The molecule has 4 aromatic rings. The minimum Gasteiger partial charge on any atom is -0.507 e. The summed E-state index contributed by atoms with van der Waals surface area (Å²) in [5.74, 6) is -1.07. The summed E-state index contributed by atoms with van der Waals surface area (Å²) in [4.78, 5) is 33.1. The third-order valence-electron chi connectivity index (χ3n) is 5.24. The van der Waals surface area contributed by atoms with Crippen LogP contribution in [0.4, 0.5) is 5.13 Å². The SMILES string of the molecule is CCOc1ccc(C(O)=C2C(=O)C(=O)N(c3nc4ccc(Cl)cc4s3)C2c2cccs2)cc1. The van der Waals surface area contributed by atoms with Crippen molar-refractivity contribution in [3.63, 3.8) is 0 Å². The van der Waals surface area contributed by atoms with Crippen molar-refractivity contribution in [1.82, 2.24) is 4.98 Å². The van der Waals surface area contributed by atoms with Gasteiger partial charge in [-0.2, -0.15) is 0 Å². The Kier molecular flexibility index (Phi) is 5.65. The second-order valence-corrected chi connectivity index (χ2v) is 9.68. The molecule has 1 saturated heterocycles. The molecule has 9 heteroatoms. The largest absolute Gasteiger partial charge is 0.507 e. The van der Waals surface area contributed by atoms with Crippen LogP contribution in [0, 0.1) is 0 Å². The van der Waals surface area contributed by atoms with Crippen molar-refractivity contribution in [2.45, 2.75) is 13.0 Å². The van der Waals surface area contributed by atoms with Gasteiger partial charge in [0.1, 0.15) is 17.6 Å². The topological polar surface area (TPSA) is 79.7 Å². The minimum absolute atomic E-state index is 0.0314. The van der Waals surface area contributed by atoms with Gasteiger partial charge < -0.3 is 9.84 Å². The monoisotopic (exact) mass is 496 g/mol. The Balaban J connectivity index is 1.65. The van der Waals surface area contributed by atoms with Gasteiger partial charge in [-0.25, -0.2) is 4.98 Å². The number of hydrogen-bond acceptors (Lipinski definition) is 7. The van der Waals surface area contributed by atoms with Crippen molar-refractivity contribution in [3.05, 3.63) is 81.0 Å². The Morgan fingerprint density at radius 3 is 2.67 bits per heavy atom. The van der Waals surface area contributed by atoms with Crippen LogP contribution in [-0.4, -0.2) is 28.4 Å². The van der Waals surface area contributed by atoms with Crippen LogP contribution in [0.1, 0.15) is 23.4 Å². The summed E-state index contributed by atoms with van der Waals surface area (Å²) in [6.07, 6.45) is 0. The number of aromatic nitrogens is 1. The van der Waals surface area contributed by atoms with E-state index in [2.05, 4.69) is 4.98 Å². The van der Waals surface area contributed by atoms with E-state index < -0.39 is 17.7 Å². The first-order valence-corrected chi connectivity index (χ1v) is 12.2. The lowest BCUT2D eigenvalue weighted by molar-refractivity contribution is -0.132. The number of carbonyl (C=O) groups is 2. The summed E-state index contributed by atoms with van der Waals surface area (Å²) < 4.78 is 6.26. The second-order valence-electron chi connectivity index (χ2n) is 7.25. The molecule has 6 nitrogen and oxygen atoms in total. The number of rotatable bonds is 5. The molecule has 0 bridgehead atoms. The molecule has 0 spiro atoms. The molecular weight excluding hydrogens is 480 g/mol. The first-order valence-electron chi connectivity index (χ1n) is 10.1. The van der Waals surface area contributed by atoms with Crippen molar-refractivity contribution in [2.75, 3.05) is 11.5 Å². The lowest BCUT2D eigenvalue weighted by atomic mass is 10.00. The van der Waals surface area contributed by atoms with Crippen molar-refractivity contribution in [1.29, 1.82) is 0 Å². The van der Waals surface area contributed by atoms with E-state index in [9.17, 15) is 14.7 Å². The fourth-order valence-corrected chi connectivity index (χ4v) is 5.86. The molecule has 0 saturated carbocycles. The highest BCUT2D eigenvalue weighted by molar-refractivity contribution is 7.22. The molecule has 1 aliphatic rings. The maximum absolute atomic E-state index is 13.2. The molecule has 1 unspecified atom stereocenters. The number of fused-ring (bicyclic) bond motifs is 1. The van der Waals surface area contributed by atoms with Gasteiger partial charge in [-0.1, -0.05) is 29.0 Å².